The second-order valence-electron chi connectivity index (χ2n) is 5.05. The van der Waals surface area contributed by atoms with Crippen molar-refractivity contribution in [3.8, 4) is 0 Å². The molecule has 0 radical (unpaired) electrons. The van der Waals surface area contributed by atoms with E-state index < -0.39 is 5.54 Å². The lowest BCUT2D eigenvalue weighted by Crippen LogP contribution is -2.52. The molecule has 1 saturated carbocycles. The SMILES string of the molecule is Cc1cccc2c1NC(C)(C1CC1)C(=O)N2. The van der Waals surface area contributed by atoms with Gasteiger partial charge in [-0.2, -0.15) is 0 Å². The third kappa shape index (κ3) is 1.24. The highest BCUT2D eigenvalue weighted by molar-refractivity contribution is 6.06. The second kappa shape index (κ2) is 3.00. The van der Waals surface area contributed by atoms with Gasteiger partial charge in [0.1, 0.15) is 5.54 Å². The van der Waals surface area contributed by atoms with Gasteiger partial charge in [-0.25, -0.2) is 0 Å². The van der Waals surface area contributed by atoms with Gasteiger partial charge in [0.15, 0.2) is 0 Å². The summed E-state index contributed by atoms with van der Waals surface area (Å²) in [5.41, 5.74) is 2.75. The second-order valence-corrected chi connectivity index (χ2v) is 5.05. The topological polar surface area (TPSA) is 41.1 Å². The fourth-order valence-corrected chi connectivity index (χ4v) is 2.45. The standard InChI is InChI=1S/C13H16N2O/c1-8-4-3-5-10-11(8)15-13(2,9-6-7-9)12(16)14-10/h3-5,9,15H,6-7H2,1-2H3,(H,14,16). The molecule has 0 aromatic heterocycles. The van der Waals surface area contributed by atoms with Crippen LogP contribution in [0.5, 0.6) is 0 Å². The lowest BCUT2D eigenvalue weighted by molar-refractivity contribution is -0.120. The monoisotopic (exact) mass is 216 g/mol. The molecule has 1 atom stereocenters. The molecule has 1 aromatic rings. The molecule has 2 aliphatic rings. The van der Waals surface area contributed by atoms with Crippen molar-refractivity contribution in [3.63, 3.8) is 0 Å². The number of aryl methyl sites for hydroxylation is 1. The summed E-state index contributed by atoms with van der Waals surface area (Å²) in [4.78, 5) is 12.1. The van der Waals surface area contributed by atoms with Gasteiger partial charge in [-0.05, 0) is 44.2 Å². The maximum Gasteiger partial charge on any atom is 0.250 e. The zero-order valence-electron chi connectivity index (χ0n) is 9.63. The summed E-state index contributed by atoms with van der Waals surface area (Å²) >= 11 is 0. The first-order chi connectivity index (χ1) is 7.61. The number of anilines is 2. The van der Waals surface area contributed by atoms with Gasteiger partial charge in [0, 0.05) is 0 Å². The van der Waals surface area contributed by atoms with Crippen molar-refractivity contribution in [2.75, 3.05) is 10.6 Å². The fourth-order valence-electron chi connectivity index (χ4n) is 2.45. The Labute approximate surface area is 95.2 Å². The first-order valence-corrected chi connectivity index (χ1v) is 5.80. The van der Waals surface area contributed by atoms with Crippen LogP contribution in [-0.2, 0) is 4.79 Å². The van der Waals surface area contributed by atoms with E-state index in [9.17, 15) is 4.79 Å². The van der Waals surface area contributed by atoms with Crippen LogP contribution in [0, 0.1) is 12.8 Å². The Bertz CT molecular complexity index is 465. The lowest BCUT2D eigenvalue weighted by Gasteiger charge is -2.36. The average Bonchev–Trinajstić information content (AvgIpc) is 3.05. The van der Waals surface area contributed by atoms with Crippen LogP contribution in [0.2, 0.25) is 0 Å². The summed E-state index contributed by atoms with van der Waals surface area (Å²) < 4.78 is 0. The van der Waals surface area contributed by atoms with Crippen molar-refractivity contribution in [2.24, 2.45) is 5.92 Å². The number of nitrogens with one attached hydrogen (secondary N) is 2. The Morgan fingerprint density at radius 2 is 2.12 bits per heavy atom. The van der Waals surface area contributed by atoms with E-state index in [0.717, 1.165) is 24.2 Å². The van der Waals surface area contributed by atoms with E-state index in [1.54, 1.807) is 0 Å². The smallest absolute Gasteiger partial charge is 0.250 e. The molecule has 0 bridgehead atoms. The summed E-state index contributed by atoms with van der Waals surface area (Å²) in [7, 11) is 0. The Hall–Kier alpha value is -1.51. The zero-order chi connectivity index (χ0) is 11.3. The van der Waals surface area contributed by atoms with Crippen molar-refractivity contribution >= 4 is 17.3 Å². The predicted molar refractivity (Wildman–Crippen MR) is 64.6 cm³/mol. The molecule has 84 valence electrons. The van der Waals surface area contributed by atoms with E-state index in [-0.39, 0.29) is 5.91 Å². The van der Waals surface area contributed by atoms with Gasteiger partial charge >= 0.3 is 0 Å². The number of carbonyl (C=O) groups is 1. The molecule has 16 heavy (non-hydrogen) atoms. The van der Waals surface area contributed by atoms with Gasteiger partial charge in [-0.3, -0.25) is 4.79 Å². The number of fused-ring (bicyclic) bond motifs is 1. The largest absolute Gasteiger partial charge is 0.369 e. The zero-order valence-corrected chi connectivity index (χ0v) is 9.63. The molecule has 1 fully saturated rings. The number of amides is 1. The number of hydrogen-bond acceptors (Lipinski definition) is 2. The van der Waals surface area contributed by atoms with Gasteiger partial charge < -0.3 is 10.6 Å². The lowest BCUT2D eigenvalue weighted by atomic mass is 9.91. The fraction of sp³-hybridized carbons (Fsp3) is 0.462. The first kappa shape index (κ1) is 9.70. The summed E-state index contributed by atoms with van der Waals surface area (Å²) in [6.45, 7) is 4.08. The molecule has 1 aliphatic heterocycles. The molecular weight excluding hydrogens is 200 g/mol. The van der Waals surface area contributed by atoms with Crippen LogP contribution in [0.3, 0.4) is 0 Å². The van der Waals surface area contributed by atoms with Crippen LogP contribution < -0.4 is 10.6 Å². The Morgan fingerprint density at radius 1 is 1.38 bits per heavy atom. The highest BCUT2D eigenvalue weighted by atomic mass is 16.2. The number of benzene rings is 1. The predicted octanol–water partition coefficient (Wildman–Crippen LogP) is 2.53. The van der Waals surface area contributed by atoms with Crippen LogP contribution in [0.15, 0.2) is 18.2 Å². The minimum atomic E-state index is -0.418. The molecule has 1 aromatic carbocycles. The van der Waals surface area contributed by atoms with Crippen LogP contribution in [-0.4, -0.2) is 11.4 Å². The molecule has 1 amide bonds. The third-order valence-corrected chi connectivity index (χ3v) is 3.77. The normalized spacial score (nSPS) is 28.0. The van der Waals surface area contributed by atoms with E-state index >= 15 is 0 Å². The molecular formula is C13H16N2O. The van der Waals surface area contributed by atoms with E-state index in [1.807, 2.05) is 19.1 Å². The van der Waals surface area contributed by atoms with Crippen molar-refractivity contribution < 1.29 is 4.79 Å². The minimum absolute atomic E-state index is 0.105. The molecule has 1 aliphatic carbocycles. The maximum absolute atomic E-state index is 12.1. The van der Waals surface area contributed by atoms with E-state index in [0.29, 0.717) is 5.92 Å². The molecule has 3 heteroatoms. The van der Waals surface area contributed by atoms with Crippen molar-refractivity contribution in [1.82, 2.24) is 0 Å². The van der Waals surface area contributed by atoms with Crippen molar-refractivity contribution in [1.29, 1.82) is 0 Å². The number of para-hydroxylation sites is 1. The first-order valence-electron chi connectivity index (χ1n) is 5.80. The molecule has 3 rings (SSSR count). The van der Waals surface area contributed by atoms with Crippen LogP contribution >= 0.6 is 0 Å². The van der Waals surface area contributed by atoms with Gasteiger partial charge in [0.05, 0.1) is 11.4 Å². The Balaban J connectivity index is 2.06. The molecule has 2 N–H and O–H groups in total. The third-order valence-electron chi connectivity index (χ3n) is 3.77. The molecule has 0 spiro atoms. The number of hydrogen-bond donors (Lipinski definition) is 2. The number of carbonyl (C=O) groups excluding carboxylic acids is 1. The van der Waals surface area contributed by atoms with Crippen molar-refractivity contribution in [3.05, 3.63) is 23.8 Å². The Morgan fingerprint density at radius 3 is 2.81 bits per heavy atom. The van der Waals surface area contributed by atoms with E-state index in [1.165, 1.54) is 5.56 Å². The number of rotatable bonds is 1. The highest BCUT2D eigenvalue weighted by Crippen LogP contribution is 2.45. The van der Waals surface area contributed by atoms with E-state index in [4.69, 9.17) is 0 Å². The summed E-state index contributed by atoms with van der Waals surface area (Å²) in [6.07, 6.45) is 2.30. The highest BCUT2D eigenvalue weighted by Gasteiger charge is 2.49. The van der Waals surface area contributed by atoms with Crippen LogP contribution in [0.1, 0.15) is 25.3 Å². The average molecular weight is 216 g/mol. The van der Waals surface area contributed by atoms with Gasteiger partial charge in [-0.1, -0.05) is 12.1 Å². The maximum atomic E-state index is 12.1. The molecule has 3 nitrogen and oxygen atoms in total. The van der Waals surface area contributed by atoms with Crippen LogP contribution in [0.4, 0.5) is 11.4 Å². The molecule has 0 saturated heterocycles. The van der Waals surface area contributed by atoms with E-state index in [2.05, 4.69) is 23.6 Å². The van der Waals surface area contributed by atoms with Crippen LogP contribution in [0.25, 0.3) is 0 Å². The van der Waals surface area contributed by atoms with Gasteiger partial charge in [0.2, 0.25) is 5.91 Å². The minimum Gasteiger partial charge on any atom is -0.369 e. The summed E-state index contributed by atoms with van der Waals surface area (Å²) in [5, 5.41) is 6.45. The molecule has 1 unspecified atom stereocenters. The Kier molecular flexibility index (Phi) is 1.82. The summed E-state index contributed by atoms with van der Waals surface area (Å²) in [6, 6.07) is 5.98. The van der Waals surface area contributed by atoms with Gasteiger partial charge in [0.25, 0.3) is 0 Å². The van der Waals surface area contributed by atoms with Gasteiger partial charge in [-0.15, -0.1) is 0 Å². The molecule has 1 heterocycles. The van der Waals surface area contributed by atoms with Crippen molar-refractivity contribution in [2.45, 2.75) is 32.2 Å². The summed E-state index contributed by atoms with van der Waals surface area (Å²) in [5.74, 6) is 0.591. The quantitative estimate of drug-likeness (QED) is 0.757.